The number of piperidine rings is 1. The second kappa shape index (κ2) is 7.29. The predicted molar refractivity (Wildman–Crippen MR) is 89.1 cm³/mol. The number of amides is 3. The van der Waals surface area contributed by atoms with Crippen molar-refractivity contribution in [3.05, 3.63) is 23.8 Å². The Labute approximate surface area is 132 Å². The zero-order valence-corrected chi connectivity index (χ0v) is 13.6. The van der Waals surface area contributed by atoms with Crippen molar-refractivity contribution in [2.24, 2.45) is 5.92 Å². The second-order valence-corrected chi connectivity index (χ2v) is 6.05. The minimum atomic E-state index is -0.0615. The molecule has 0 saturated carbocycles. The van der Waals surface area contributed by atoms with Gasteiger partial charge in [-0.15, -0.1) is 0 Å². The van der Waals surface area contributed by atoms with Crippen LogP contribution in [0.1, 0.15) is 38.7 Å². The summed E-state index contributed by atoms with van der Waals surface area (Å²) in [5, 5.41) is 5.78. The Morgan fingerprint density at radius 2 is 2.09 bits per heavy atom. The number of hydrogen-bond acceptors (Lipinski definition) is 2. The summed E-state index contributed by atoms with van der Waals surface area (Å²) in [6.45, 7) is 7.54. The maximum absolute atomic E-state index is 12.4. The van der Waals surface area contributed by atoms with E-state index in [0.717, 1.165) is 30.8 Å². The first kappa shape index (κ1) is 16.3. The van der Waals surface area contributed by atoms with Crippen molar-refractivity contribution in [3.63, 3.8) is 0 Å². The molecule has 2 N–H and O–H groups in total. The summed E-state index contributed by atoms with van der Waals surface area (Å²) in [5.74, 6) is 0.516. The minimum Gasteiger partial charge on any atom is -0.326 e. The van der Waals surface area contributed by atoms with E-state index in [1.54, 1.807) is 0 Å². The van der Waals surface area contributed by atoms with Gasteiger partial charge in [0.2, 0.25) is 5.91 Å². The fourth-order valence-electron chi connectivity index (χ4n) is 2.65. The van der Waals surface area contributed by atoms with Crippen LogP contribution in [-0.4, -0.2) is 29.9 Å². The molecule has 3 amide bonds. The Balaban J connectivity index is 2.06. The molecule has 0 spiro atoms. The molecule has 0 aromatic heterocycles. The van der Waals surface area contributed by atoms with Gasteiger partial charge in [0, 0.05) is 30.9 Å². The number of urea groups is 1. The van der Waals surface area contributed by atoms with Crippen LogP contribution >= 0.6 is 0 Å². The third kappa shape index (κ3) is 4.23. The number of anilines is 2. The monoisotopic (exact) mass is 303 g/mol. The summed E-state index contributed by atoms with van der Waals surface area (Å²) in [4.78, 5) is 25.7. The molecule has 1 atom stereocenters. The van der Waals surface area contributed by atoms with Gasteiger partial charge in [0.15, 0.2) is 0 Å². The van der Waals surface area contributed by atoms with E-state index in [-0.39, 0.29) is 11.9 Å². The van der Waals surface area contributed by atoms with Gasteiger partial charge in [-0.05, 0) is 43.4 Å². The summed E-state index contributed by atoms with van der Waals surface area (Å²) in [7, 11) is 0. The van der Waals surface area contributed by atoms with Crippen LogP contribution in [0.5, 0.6) is 0 Å². The van der Waals surface area contributed by atoms with E-state index in [4.69, 9.17) is 0 Å². The highest BCUT2D eigenvalue weighted by Gasteiger charge is 2.21. The highest BCUT2D eigenvalue weighted by molar-refractivity contribution is 5.94. The third-order valence-electron chi connectivity index (χ3n) is 4.03. The molecule has 0 unspecified atom stereocenters. The van der Waals surface area contributed by atoms with E-state index in [9.17, 15) is 9.59 Å². The molecule has 0 radical (unpaired) electrons. The SMILES string of the molecule is CCC(=O)Nc1ccc(C)c(NC(=O)N2CCC[C@@H](C)C2)c1. The summed E-state index contributed by atoms with van der Waals surface area (Å²) < 4.78 is 0. The zero-order valence-electron chi connectivity index (χ0n) is 13.6. The Morgan fingerprint density at radius 1 is 1.32 bits per heavy atom. The highest BCUT2D eigenvalue weighted by atomic mass is 16.2. The van der Waals surface area contributed by atoms with Gasteiger partial charge in [0.25, 0.3) is 0 Å². The molecule has 0 aliphatic carbocycles. The zero-order chi connectivity index (χ0) is 16.1. The average Bonchev–Trinajstić information content (AvgIpc) is 2.50. The van der Waals surface area contributed by atoms with Gasteiger partial charge in [0.1, 0.15) is 0 Å². The molecule has 1 fully saturated rings. The number of rotatable bonds is 3. The van der Waals surface area contributed by atoms with E-state index in [0.29, 0.717) is 18.0 Å². The van der Waals surface area contributed by atoms with Crippen LogP contribution in [-0.2, 0) is 4.79 Å². The smallest absolute Gasteiger partial charge is 0.321 e. The number of carbonyl (C=O) groups is 2. The van der Waals surface area contributed by atoms with Crippen molar-refractivity contribution >= 4 is 23.3 Å². The van der Waals surface area contributed by atoms with Crippen LogP contribution in [0.3, 0.4) is 0 Å². The molecular weight excluding hydrogens is 278 g/mol. The molecule has 22 heavy (non-hydrogen) atoms. The van der Waals surface area contributed by atoms with Gasteiger partial charge < -0.3 is 15.5 Å². The Bertz CT molecular complexity index is 557. The van der Waals surface area contributed by atoms with Crippen LogP contribution in [0, 0.1) is 12.8 Å². The second-order valence-electron chi connectivity index (χ2n) is 6.05. The van der Waals surface area contributed by atoms with E-state index < -0.39 is 0 Å². The first-order valence-corrected chi connectivity index (χ1v) is 7.96. The van der Waals surface area contributed by atoms with Gasteiger partial charge >= 0.3 is 6.03 Å². The standard InChI is InChI=1S/C17H25N3O2/c1-4-16(21)18-14-8-7-13(3)15(10-14)19-17(22)20-9-5-6-12(2)11-20/h7-8,10,12H,4-6,9,11H2,1-3H3,(H,18,21)(H,19,22)/t12-/m1/s1. The summed E-state index contributed by atoms with van der Waals surface area (Å²) in [6, 6.07) is 5.50. The van der Waals surface area contributed by atoms with Crippen molar-refractivity contribution in [1.29, 1.82) is 0 Å². The molecule has 1 aromatic rings. The van der Waals surface area contributed by atoms with Crippen LogP contribution in [0.25, 0.3) is 0 Å². The summed E-state index contributed by atoms with van der Waals surface area (Å²) in [6.07, 6.45) is 2.67. The predicted octanol–water partition coefficient (Wildman–Crippen LogP) is 3.61. The van der Waals surface area contributed by atoms with Crippen LogP contribution in [0.2, 0.25) is 0 Å². The fourth-order valence-corrected chi connectivity index (χ4v) is 2.65. The number of benzene rings is 1. The quantitative estimate of drug-likeness (QED) is 0.896. The molecule has 0 bridgehead atoms. The van der Waals surface area contributed by atoms with Crippen molar-refractivity contribution in [2.75, 3.05) is 23.7 Å². The van der Waals surface area contributed by atoms with E-state index in [1.165, 1.54) is 6.42 Å². The maximum atomic E-state index is 12.4. The minimum absolute atomic E-state index is 0.0361. The van der Waals surface area contributed by atoms with Crippen molar-refractivity contribution in [1.82, 2.24) is 4.90 Å². The van der Waals surface area contributed by atoms with Gasteiger partial charge in [-0.1, -0.05) is 19.9 Å². The lowest BCUT2D eigenvalue weighted by Crippen LogP contribution is -2.41. The summed E-state index contributed by atoms with van der Waals surface area (Å²) >= 11 is 0. The van der Waals surface area contributed by atoms with Gasteiger partial charge in [-0.25, -0.2) is 4.79 Å². The third-order valence-corrected chi connectivity index (χ3v) is 4.03. The van der Waals surface area contributed by atoms with E-state index >= 15 is 0 Å². The molecule has 1 heterocycles. The van der Waals surface area contributed by atoms with Gasteiger partial charge in [-0.2, -0.15) is 0 Å². The highest BCUT2D eigenvalue weighted by Crippen LogP contribution is 2.22. The lowest BCUT2D eigenvalue weighted by Gasteiger charge is -2.31. The van der Waals surface area contributed by atoms with Crippen LogP contribution < -0.4 is 10.6 Å². The largest absolute Gasteiger partial charge is 0.326 e. The van der Waals surface area contributed by atoms with Crippen molar-refractivity contribution in [2.45, 2.75) is 40.0 Å². The molecule has 1 aromatic carbocycles. The molecule has 120 valence electrons. The lowest BCUT2D eigenvalue weighted by atomic mass is 10.0. The molecule has 5 nitrogen and oxygen atoms in total. The Hall–Kier alpha value is -2.04. The first-order chi connectivity index (χ1) is 10.5. The number of nitrogens with one attached hydrogen (secondary N) is 2. The molecular formula is C17H25N3O2. The number of hydrogen-bond donors (Lipinski definition) is 2. The van der Waals surface area contributed by atoms with E-state index in [1.807, 2.05) is 36.9 Å². The molecule has 1 saturated heterocycles. The topological polar surface area (TPSA) is 61.4 Å². The molecule has 1 aliphatic heterocycles. The van der Waals surface area contributed by atoms with Gasteiger partial charge in [0.05, 0.1) is 0 Å². The average molecular weight is 303 g/mol. The van der Waals surface area contributed by atoms with Crippen LogP contribution in [0.4, 0.5) is 16.2 Å². The van der Waals surface area contributed by atoms with Gasteiger partial charge in [-0.3, -0.25) is 4.79 Å². The lowest BCUT2D eigenvalue weighted by molar-refractivity contribution is -0.115. The molecule has 1 aliphatic rings. The maximum Gasteiger partial charge on any atom is 0.321 e. The van der Waals surface area contributed by atoms with Crippen LogP contribution in [0.15, 0.2) is 18.2 Å². The molecule has 2 rings (SSSR count). The molecule has 5 heteroatoms. The Kier molecular flexibility index (Phi) is 5.41. The Morgan fingerprint density at radius 3 is 2.77 bits per heavy atom. The van der Waals surface area contributed by atoms with Crippen molar-refractivity contribution < 1.29 is 9.59 Å². The number of likely N-dealkylation sites (tertiary alicyclic amines) is 1. The number of aryl methyl sites for hydroxylation is 1. The fraction of sp³-hybridized carbons (Fsp3) is 0.529. The summed E-state index contributed by atoms with van der Waals surface area (Å²) in [5.41, 5.74) is 2.43. The number of carbonyl (C=O) groups excluding carboxylic acids is 2. The normalized spacial score (nSPS) is 18.0. The number of nitrogens with zero attached hydrogens (tertiary/aromatic N) is 1. The van der Waals surface area contributed by atoms with E-state index in [2.05, 4.69) is 17.6 Å². The first-order valence-electron chi connectivity index (χ1n) is 7.96. The van der Waals surface area contributed by atoms with Crippen molar-refractivity contribution in [3.8, 4) is 0 Å².